The number of fused-ring (bicyclic) bond motifs is 1. The van der Waals surface area contributed by atoms with Gasteiger partial charge in [-0.05, 0) is 23.8 Å². The first-order valence-electron chi connectivity index (χ1n) is 10.9. The Hall–Kier alpha value is -3.83. The number of imide groups is 1. The van der Waals surface area contributed by atoms with Gasteiger partial charge in [-0.2, -0.15) is 0 Å². The summed E-state index contributed by atoms with van der Waals surface area (Å²) in [5.74, 6) is -2.25. The van der Waals surface area contributed by atoms with E-state index < -0.39 is 40.1 Å². The zero-order valence-corrected chi connectivity index (χ0v) is 18.3. The molecule has 3 amide bonds. The van der Waals surface area contributed by atoms with Crippen LogP contribution in [0, 0.1) is 10.1 Å². The van der Waals surface area contributed by atoms with Crippen LogP contribution in [-0.2, 0) is 16.0 Å². The number of phenols is 1. The van der Waals surface area contributed by atoms with Crippen LogP contribution in [0.2, 0.25) is 0 Å². The van der Waals surface area contributed by atoms with Crippen LogP contribution in [0.4, 0.5) is 5.69 Å². The molecule has 2 aromatic rings. The number of nitrogens with one attached hydrogen (secondary N) is 1. The predicted octanol–water partition coefficient (Wildman–Crippen LogP) is 0.956. The second-order valence-corrected chi connectivity index (χ2v) is 8.07. The van der Waals surface area contributed by atoms with Crippen molar-refractivity contribution in [3.8, 4) is 5.75 Å². The van der Waals surface area contributed by atoms with Crippen LogP contribution in [0.25, 0.3) is 0 Å². The fourth-order valence-electron chi connectivity index (χ4n) is 4.14. The van der Waals surface area contributed by atoms with E-state index >= 15 is 0 Å². The van der Waals surface area contributed by atoms with Gasteiger partial charge in [-0.1, -0.05) is 18.2 Å². The summed E-state index contributed by atoms with van der Waals surface area (Å²) in [5.41, 5.74) is 0.214. The molecule has 2 aliphatic heterocycles. The molecule has 0 bridgehead atoms. The van der Waals surface area contributed by atoms with Crippen molar-refractivity contribution in [3.63, 3.8) is 0 Å². The van der Waals surface area contributed by atoms with Crippen molar-refractivity contribution in [2.45, 2.75) is 12.5 Å². The second-order valence-electron chi connectivity index (χ2n) is 8.07. The molecule has 2 aromatic carbocycles. The van der Waals surface area contributed by atoms with Crippen LogP contribution in [-0.4, -0.2) is 83.0 Å². The van der Waals surface area contributed by atoms with Gasteiger partial charge in [0.1, 0.15) is 6.04 Å². The lowest BCUT2D eigenvalue weighted by Gasteiger charge is -2.28. The summed E-state index contributed by atoms with van der Waals surface area (Å²) in [6.45, 7) is 3.60. The summed E-state index contributed by atoms with van der Waals surface area (Å²) >= 11 is 0. The van der Waals surface area contributed by atoms with Gasteiger partial charge < -0.3 is 15.2 Å². The summed E-state index contributed by atoms with van der Waals surface area (Å²) in [4.78, 5) is 52.8. The van der Waals surface area contributed by atoms with Gasteiger partial charge in [0.05, 0.1) is 29.3 Å². The van der Waals surface area contributed by atoms with E-state index in [-0.39, 0.29) is 17.5 Å². The number of rotatable bonds is 8. The highest BCUT2D eigenvalue weighted by atomic mass is 16.6. The number of ether oxygens (including phenoxy) is 1. The third-order valence-corrected chi connectivity index (χ3v) is 5.94. The number of morpholine rings is 1. The first kappa shape index (κ1) is 23.3. The summed E-state index contributed by atoms with van der Waals surface area (Å²) in [7, 11) is 0. The molecule has 1 atom stereocenters. The van der Waals surface area contributed by atoms with Gasteiger partial charge >= 0.3 is 5.69 Å². The zero-order chi connectivity index (χ0) is 24.2. The number of benzene rings is 2. The number of hydrogen-bond donors (Lipinski definition) is 2. The third kappa shape index (κ3) is 4.75. The molecule has 0 spiro atoms. The Morgan fingerprint density at radius 1 is 1.12 bits per heavy atom. The highest BCUT2D eigenvalue weighted by Gasteiger charge is 2.42. The Bertz CT molecular complexity index is 1100. The Morgan fingerprint density at radius 2 is 1.76 bits per heavy atom. The maximum atomic E-state index is 13.2. The quantitative estimate of drug-likeness (QED) is 0.331. The van der Waals surface area contributed by atoms with Crippen molar-refractivity contribution in [3.05, 3.63) is 69.3 Å². The molecule has 2 aliphatic rings. The number of hydrogen-bond acceptors (Lipinski definition) is 8. The number of carbonyl (C=O) groups is 3. The molecular formula is C23H24N4O7. The van der Waals surface area contributed by atoms with Crippen molar-refractivity contribution < 1.29 is 29.2 Å². The molecule has 2 heterocycles. The molecule has 1 saturated heterocycles. The van der Waals surface area contributed by atoms with Crippen molar-refractivity contribution in [2.75, 3.05) is 39.4 Å². The van der Waals surface area contributed by atoms with E-state index in [1.165, 1.54) is 18.2 Å². The minimum Gasteiger partial charge on any atom is -0.502 e. The number of nitro benzene ring substituents is 1. The first-order valence-corrected chi connectivity index (χ1v) is 10.9. The average Bonchev–Trinajstić information content (AvgIpc) is 3.09. The van der Waals surface area contributed by atoms with Gasteiger partial charge in [0, 0.05) is 38.7 Å². The van der Waals surface area contributed by atoms with Crippen molar-refractivity contribution in [1.29, 1.82) is 0 Å². The standard InChI is InChI=1S/C23H24N4O7/c28-20-6-5-15(13-18(20)27(32)33)14-19(21(29)24-7-8-25-9-11-34-12-10-25)26-22(30)16-3-1-2-4-17(16)23(26)31/h1-6,13,19,28H,7-12,14H2,(H,24,29). The number of phenolic OH excluding ortho intramolecular Hbond substituents is 1. The number of nitro groups is 1. The normalized spacial score (nSPS) is 16.9. The van der Waals surface area contributed by atoms with Gasteiger partial charge in [0.2, 0.25) is 5.91 Å². The summed E-state index contributed by atoms with van der Waals surface area (Å²) in [5, 5.41) is 23.8. The van der Waals surface area contributed by atoms with E-state index in [1.807, 2.05) is 0 Å². The van der Waals surface area contributed by atoms with Crippen molar-refractivity contribution in [1.82, 2.24) is 15.1 Å². The SMILES string of the molecule is O=C(NCCN1CCOCC1)C(Cc1ccc(O)c([N+](=O)[O-])c1)N1C(=O)c2ccccc2C1=O. The molecule has 11 heteroatoms. The lowest BCUT2D eigenvalue weighted by molar-refractivity contribution is -0.385. The molecule has 0 saturated carbocycles. The van der Waals surface area contributed by atoms with Gasteiger partial charge in [0.25, 0.3) is 11.8 Å². The largest absolute Gasteiger partial charge is 0.502 e. The number of aromatic hydroxyl groups is 1. The fourth-order valence-corrected chi connectivity index (χ4v) is 4.14. The molecule has 4 rings (SSSR count). The van der Waals surface area contributed by atoms with Crippen LogP contribution < -0.4 is 5.32 Å². The second kappa shape index (κ2) is 9.98. The van der Waals surface area contributed by atoms with Gasteiger partial charge in [0.15, 0.2) is 5.75 Å². The Labute approximate surface area is 195 Å². The van der Waals surface area contributed by atoms with Gasteiger partial charge in [-0.25, -0.2) is 0 Å². The molecule has 178 valence electrons. The number of carbonyl (C=O) groups excluding carboxylic acids is 3. The first-order chi connectivity index (χ1) is 16.4. The molecule has 0 aromatic heterocycles. The van der Waals surface area contributed by atoms with E-state index in [0.29, 0.717) is 31.9 Å². The predicted molar refractivity (Wildman–Crippen MR) is 119 cm³/mol. The maximum Gasteiger partial charge on any atom is 0.310 e. The van der Waals surface area contributed by atoms with E-state index in [0.717, 1.165) is 30.1 Å². The molecule has 0 aliphatic carbocycles. The average molecular weight is 468 g/mol. The number of amides is 3. The summed E-state index contributed by atoms with van der Waals surface area (Å²) in [6, 6.07) is 8.81. The van der Waals surface area contributed by atoms with E-state index in [2.05, 4.69) is 10.2 Å². The molecule has 34 heavy (non-hydrogen) atoms. The van der Waals surface area contributed by atoms with Crippen LogP contribution in [0.5, 0.6) is 5.75 Å². The Balaban J connectivity index is 1.57. The molecule has 0 radical (unpaired) electrons. The lowest BCUT2D eigenvalue weighted by atomic mass is 10.0. The molecule has 1 fully saturated rings. The zero-order valence-electron chi connectivity index (χ0n) is 18.3. The molecular weight excluding hydrogens is 444 g/mol. The van der Waals surface area contributed by atoms with E-state index in [9.17, 15) is 29.6 Å². The molecule has 1 unspecified atom stereocenters. The van der Waals surface area contributed by atoms with E-state index in [4.69, 9.17) is 4.74 Å². The van der Waals surface area contributed by atoms with Gasteiger partial charge in [-0.15, -0.1) is 0 Å². The van der Waals surface area contributed by atoms with E-state index in [1.54, 1.807) is 12.1 Å². The minimum atomic E-state index is -1.22. The van der Waals surface area contributed by atoms with Crippen LogP contribution in [0.3, 0.4) is 0 Å². The van der Waals surface area contributed by atoms with Gasteiger partial charge in [-0.3, -0.25) is 34.3 Å². The summed E-state index contributed by atoms with van der Waals surface area (Å²) < 4.78 is 5.31. The van der Waals surface area contributed by atoms with Crippen LogP contribution in [0.1, 0.15) is 26.3 Å². The summed E-state index contributed by atoms with van der Waals surface area (Å²) in [6.07, 6.45) is -0.143. The smallest absolute Gasteiger partial charge is 0.310 e. The van der Waals surface area contributed by atoms with Crippen LogP contribution in [0.15, 0.2) is 42.5 Å². The third-order valence-electron chi connectivity index (χ3n) is 5.94. The lowest BCUT2D eigenvalue weighted by Crippen LogP contribution is -2.52. The molecule has 2 N–H and O–H groups in total. The highest BCUT2D eigenvalue weighted by molar-refractivity contribution is 6.22. The highest BCUT2D eigenvalue weighted by Crippen LogP contribution is 2.29. The van der Waals surface area contributed by atoms with Crippen LogP contribution >= 0.6 is 0 Å². The maximum absolute atomic E-state index is 13.2. The Kier molecular flexibility index (Phi) is 6.85. The van der Waals surface area contributed by atoms with Crippen molar-refractivity contribution >= 4 is 23.4 Å². The topological polar surface area (TPSA) is 142 Å². The molecule has 11 nitrogen and oxygen atoms in total. The Morgan fingerprint density at radius 3 is 2.38 bits per heavy atom. The monoisotopic (exact) mass is 468 g/mol. The minimum absolute atomic E-state index is 0.143. The fraction of sp³-hybridized carbons (Fsp3) is 0.348. The number of nitrogens with zero attached hydrogens (tertiary/aromatic N) is 3. The van der Waals surface area contributed by atoms with Crippen molar-refractivity contribution in [2.24, 2.45) is 0 Å².